The van der Waals surface area contributed by atoms with Crippen LogP contribution in [-0.2, 0) is 4.79 Å². The van der Waals surface area contributed by atoms with E-state index >= 15 is 0 Å². The van der Waals surface area contributed by atoms with Crippen molar-refractivity contribution in [2.45, 2.75) is 6.92 Å². The van der Waals surface area contributed by atoms with Crippen LogP contribution in [0.3, 0.4) is 0 Å². The molecule has 0 aliphatic carbocycles. The molecule has 0 saturated heterocycles. The summed E-state index contributed by atoms with van der Waals surface area (Å²) in [6.07, 6.45) is 1.89. The van der Waals surface area contributed by atoms with Crippen molar-refractivity contribution < 1.29 is 14.7 Å². The third-order valence-corrected chi connectivity index (χ3v) is 3.36. The van der Waals surface area contributed by atoms with Crippen molar-refractivity contribution in [3.8, 4) is 0 Å². The molecule has 0 bridgehead atoms. The fraction of sp³-hybridized carbons (Fsp3) is 0.111. The molecule has 74 valence electrons. The summed E-state index contributed by atoms with van der Waals surface area (Å²) in [5.74, 6) is -1.42. The summed E-state index contributed by atoms with van der Waals surface area (Å²) in [4.78, 5) is 23.1. The van der Waals surface area contributed by atoms with Crippen LogP contribution >= 0.6 is 27.3 Å². The molecule has 3 nitrogen and oxygen atoms in total. The van der Waals surface area contributed by atoms with Crippen LogP contribution < -0.4 is 0 Å². The minimum absolute atomic E-state index is 0.294. The Hall–Kier alpha value is -0.940. The van der Waals surface area contributed by atoms with Gasteiger partial charge in [-0.3, -0.25) is 4.79 Å². The smallest absolute Gasteiger partial charge is 0.328 e. The zero-order valence-corrected chi connectivity index (χ0v) is 9.68. The first-order chi connectivity index (χ1) is 6.50. The van der Waals surface area contributed by atoms with Gasteiger partial charge in [0.05, 0.1) is 4.88 Å². The van der Waals surface area contributed by atoms with Crippen molar-refractivity contribution >= 4 is 39.0 Å². The van der Waals surface area contributed by atoms with Crippen molar-refractivity contribution in [3.05, 3.63) is 32.4 Å². The van der Waals surface area contributed by atoms with Gasteiger partial charge >= 0.3 is 5.97 Å². The van der Waals surface area contributed by atoms with Crippen molar-refractivity contribution in [2.75, 3.05) is 0 Å². The molecule has 1 aromatic rings. The molecular formula is C9H7BrO3S. The Labute approximate surface area is 93.2 Å². The number of carbonyl (C=O) groups is 2. The Balaban J connectivity index is 2.90. The summed E-state index contributed by atoms with van der Waals surface area (Å²) in [7, 11) is 0. The molecule has 1 rings (SSSR count). The highest BCUT2D eigenvalue weighted by Gasteiger charge is 2.10. The molecule has 0 fully saturated rings. The van der Waals surface area contributed by atoms with E-state index in [0.717, 1.165) is 17.0 Å². The molecule has 0 spiro atoms. The number of halogens is 1. The summed E-state index contributed by atoms with van der Waals surface area (Å²) in [6.45, 7) is 1.88. The maximum absolute atomic E-state index is 11.4. The summed E-state index contributed by atoms with van der Waals surface area (Å²) in [5.41, 5.74) is 0. The van der Waals surface area contributed by atoms with E-state index in [1.165, 1.54) is 11.3 Å². The summed E-state index contributed by atoms with van der Waals surface area (Å²) >= 11 is 4.57. The monoisotopic (exact) mass is 274 g/mol. The Morgan fingerprint density at radius 2 is 2.14 bits per heavy atom. The number of carboxylic acids is 1. The highest BCUT2D eigenvalue weighted by molar-refractivity contribution is 9.10. The number of aliphatic carboxylic acids is 1. The van der Waals surface area contributed by atoms with E-state index < -0.39 is 5.97 Å². The van der Waals surface area contributed by atoms with Crippen LogP contribution in [0.1, 0.15) is 14.5 Å². The van der Waals surface area contributed by atoms with E-state index in [1.807, 2.05) is 13.0 Å². The van der Waals surface area contributed by atoms with Crippen molar-refractivity contribution in [3.63, 3.8) is 0 Å². The first-order valence-electron chi connectivity index (χ1n) is 3.72. The van der Waals surface area contributed by atoms with Gasteiger partial charge in [-0.15, -0.1) is 11.3 Å². The van der Waals surface area contributed by atoms with Crippen molar-refractivity contribution in [2.24, 2.45) is 0 Å². The van der Waals surface area contributed by atoms with E-state index in [2.05, 4.69) is 15.9 Å². The Morgan fingerprint density at radius 1 is 1.50 bits per heavy atom. The SMILES string of the molecule is Cc1cc(Br)c(C(=O)/C=C/C(=O)O)s1. The largest absolute Gasteiger partial charge is 0.478 e. The van der Waals surface area contributed by atoms with Crippen LogP contribution in [0.15, 0.2) is 22.7 Å². The molecule has 0 saturated carbocycles. The van der Waals surface area contributed by atoms with E-state index in [-0.39, 0.29) is 5.78 Å². The van der Waals surface area contributed by atoms with Gasteiger partial charge in [-0.25, -0.2) is 4.79 Å². The topological polar surface area (TPSA) is 54.4 Å². The number of carboxylic acid groups (broad SMARTS) is 1. The number of aryl methyl sites for hydroxylation is 1. The fourth-order valence-corrected chi connectivity index (χ4v) is 2.63. The lowest BCUT2D eigenvalue weighted by atomic mass is 10.3. The number of thiophene rings is 1. The van der Waals surface area contributed by atoms with Gasteiger partial charge in [0.1, 0.15) is 0 Å². The maximum atomic E-state index is 11.4. The first kappa shape index (κ1) is 11.1. The van der Waals surface area contributed by atoms with E-state index in [9.17, 15) is 9.59 Å². The molecule has 1 N–H and O–H groups in total. The third kappa shape index (κ3) is 2.78. The van der Waals surface area contributed by atoms with E-state index in [4.69, 9.17) is 5.11 Å². The van der Waals surface area contributed by atoms with Gasteiger partial charge in [-0.05, 0) is 35.0 Å². The van der Waals surface area contributed by atoms with Gasteiger partial charge in [0.25, 0.3) is 0 Å². The van der Waals surface area contributed by atoms with Gasteiger partial charge in [-0.2, -0.15) is 0 Å². The molecule has 0 aliphatic rings. The van der Waals surface area contributed by atoms with E-state index in [1.54, 1.807) is 0 Å². The molecule has 0 amide bonds. The molecule has 1 aromatic heterocycles. The Bertz CT molecular complexity index is 406. The molecule has 0 unspecified atom stereocenters. The van der Waals surface area contributed by atoms with E-state index in [0.29, 0.717) is 9.35 Å². The maximum Gasteiger partial charge on any atom is 0.328 e. The number of ketones is 1. The van der Waals surface area contributed by atoms with Crippen LogP contribution in [0.2, 0.25) is 0 Å². The van der Waals surface area contributed by atoms with Crippen molar-refractivity contribution in [1.82, 2.24) is 0 Å². The van der Waals surface area contributed by atoms with Crippen LogP contribution in [0.25, 0.3) is 0 Å². The predicted octanol–water partition coefficient (Wildman–Crippen LogP) is 2.64. The quantitative estimate of drug-likeness (QED) is 0.681. The zero-order valence-electron chi connectivity index (χ0n) is 7.28. The summed E-state index contributed by atoms with van der Waals surface area (Å²) in [5, 5.41) is 8.34. The first-order valence-corrected chi connectivity index (χ1v) is 5.33. The van der Waals surface area contributed by atoms with Crippen molar-refractivity contribution in [1.29, 1.82) is 0 Å². The Morgan fingerprint density at radius 3 is 2.57 bits per heavy atom. The zero-order chi connectivity index (χ0) is 10.7. The van der Waals surface area contributed by atoms with Crippen LogP contribution in [0.4, 0.5) is 0 Å². The van der Waals surface area contributed by atoms with Gasteiger partial charge < -0.3 is 5.11 Å². The van der Waals surface area contributed by atoms with Gasteiger partial charge in [0.2, 0.25) is 0 Å². The molecule has 14 heavy (non-hydrogen) atoms. The normalized spacial score (nSPS) is 10.7. The number of allylic oxidation sites excluding steroid dienone is 1. The average Bonchev–Trinajstić information content (AvgIpc) is 2.41. The summed E-state index contributed by atoms with van der Waals surface area (Å²) < 4.78 is 0.708. The van der Waals surface area contributed by atoms with Crippen LogP contribution in [-0.4, -0.2) is 16.9 Å². The average molecular weight is 275 g/mol. The standard InChI is InChI=1S/C9H7BrO3S/c1-5-4-6(10)9(14-5)7(11)2-3-8(12)13/h2-4H,1H3,(H,12,13)/b3-2+. The second-order valence-corrected chi connectivity index (χ2v) is 4.68. The van der Waals surface area contributed by atoms with Gasteiger partial charge in [0.15, 0.2) is 5.78 Å². The summed E-state index contributed by atoms with van der Waals surface area (Å²) in [6, 6.07) is 1.83. The predicted molar refractivity (Wildman–Crippen MR) is 57.9 cm³/mol. The third-order valence-electron chi connectivity index (χ3n) is 1.41. The number of carbonyl (C=O) groups excluding carboxylic acids is 1. The minimum Gasteiger partial charge on any atom is -0.478 e. The molecule has 0 aromatic carbocycles. The number of hydrogen-bond donors (Lipinski definition) is 1. The molecule has 1 heterocycles. The molecule has 5 heteroatoms. The lowest BCUT2D eigenvalue weighted by Crippen LogP contribution is -1.94. The highest BCUT2D eigenvalue weighted by atomic mass is 79.9. The highest BCUT2D eigenvalue weighted by Crippen LogP contribution is 2.27. The second kappa shape index (κ2) is 4.52. The fourth-order valence-electron chi connectivity index (χ4n) is 0.874. The molecule has 0 atom stereocenters. The van der Waals surface area contributed by atoms with Crippen LogP contribution in [0.5, 0.6) is 0 Å². The number of rotatable bonds is 3. The van der Waals surface area contributed by atoms with Gasteiger partial charge in [-0.1, -0.05) is 0 Å². The second-order valence-electron chi connectivity index (χ2n) is 2.57. The lowest BCUT2D eigenvalue weighted by Gasteiger charge is -1.89. The minimum atomic E-state index is -1.12. The van der Waals surface area contributed by atoms with Crippen LogP contribution in [0, 0.1) is 6.92 Å². The lowest BCUT2D eigenvalue weighted by molar-refractivity contribution is -0.131. The number of hydrogen-bond acceptors (Lipinski definition) is 3. The van der Waals surface area contributed by atoms with Gasteiger partial charge in [0, 0.05) is 15.4 Å². The molecule has 0 radical (unpaired) electrons. The molecular weight excluding hydrogens is 268 g/mol. The molecule has 0 aliphatic heterocycles. The Kier molecular flexibility index (Phi) is 3.60.